The van der Waals surface area contributed by atoms with Crippen LogP contribution in [0, 0.1) is 0 Å². The second kappa shape index (κ2) is 6.39. The van der Waals surface area contributed by atoms with E-state index in [9.17, 15) is 9.59 Å². The highest BCUT2D eigenvalue weighted by Gasteiger charge is 2.08. The number of nitrogens with zero attached hydrogens (tertiary/aromatic N) is 3. The van der Waals surface area contributed by atoms with Gasteiger partial charge in [0, 0.05) is 31.2 Å². The first-order valence-corrected chi connectivity index (χ1v) is 7.30. The summed E-state index contributed by atoms with van der Waals surface area (Å²) in [6, 6.07) is 12.7. The fourth-order valence-electron chi connectivity index (χ4n) is 2.39. The molecule has 0 aliphatic carbocycles. The van der Waals surface area contributed by atoms with Gasteiger partial charge in [0.1, 0.15) is 5.69 Å². The van der Waals surface area contributed by atoms with E-state index in [1.807, 2.05) is 30.3 Å². The summed E-state index contributed by atoms with van der Waals surface area (Å²) in [5.74, 6) is -0.297. The number of pyridine rings is 1. The second-order valence-electron chi connectivity index (χ2n) is 5.18. The predicted octanol–water partition coefficient (Wildman–Crippen LogP) is 1.30. The molecule has 116 valence electrons. The number of aromatic nitrogens is 3. The molecule has 6 nitrogen and oxygen atoms in total. The van der Waals surface area contributed by atoms with Crippen molar-refractivity contribution in [2.24, 2.45) is 7.05 Å². The molecule has 0 aliphatic rings. The summed E-state index contributed by atoms with van der Waals surface area (Å²) in [4.78, 5) is 27.7. The van der Waals surface area contributed by atoms with Gasteiger partial charge in [0.15, 0.2) is 0 Å². The van der Waals surface area contributed by atoms with Crippen LogP contribution in [-0.2, 0) is 13.5 Å². The summed E-state index contributed by atoms with van der Waals surface area (Å²) >= 11 is 0. The fourth-order valence-corrected chi connectivity index (χ4v) is 2.39. The van der Waals surface area contributed by atoms with Crippen molar-refractivity contribution in [2.45, 2.75) is 6.42 Å². The smallest absolute Gasteiger partial charge is 0.271 e. The van der Waals surface area contributed by atoms with Gasteiger partial charge in [-0.2, -0.15) is 5.10 Å². The van der Waals surface area contributed by atoms with E-state index >= 15 is 0 Å². The third-order valence-corrected chi connectivity index (χ3v) is 3.59. The van der Waals surface area contributed by atoms with Gasteiger partial charge < -0.3 is 5.32 Å². The van der Waals surface area contributed by atoms with Crippen molar-refractivity contribution in [3.8, 4) is 0 Å². The first-order chi connectivity index (χ1) is 11.1. The monoisotopic (exact) mass is 308 g/mol. The summed E-state index contributed by atoms with van der Waals surface area (Å²) in [6.45, 7) is 0.471. The van der Waals surface area contributed by atoms with E-state index in [-0.39, 0.29) is 17.2 Å². The third kappa shape index (κ3) is 3.26. The average Bonchev–Trinajstić information content (AvgIpc) is 2.57. The standard InChI is InChI=1S/C17H16N4O2/c1-21-15(22)8-7-14(20-21)17(23)19-11-9-13-5-2-4-12-6-3-10-18-16(12)13/h2-8,10H,9,11H2,1H3,(H,19,23). The first kappa shape index (κ1) is 14.9. The molecule has 2 heterocycles. The molecule has 0 atom stereocenters. The van der Waals surface area contributed by atoms with Crippen molar-refractivity contribution in [2.75, 3.05) is 6.54 Å². The Hall–Kier alpha value is -3.02. The van der Waals surface area contributed by atoms with Crippen LogP contribution in [0.5, 0.6) is 0 Å². The molecule has 0 spiro atoms. The Labute approximate surface area is 132 Å². The van der Waals surface area contributed by atoms with Crippen LogP contribution in [0.25, 0.3) is 10.9 Å². The molecule has 1 aromatic carbocycles. The summed E-state index contributed by atoms with van der Waals surface area (Å²) in [7, 11) is 1.51. The van der Waals surface area contributed by atoms with E-state index in [0.29, 0.717) is 13.0 Å². The van der Waals surface area contributed by atoms with Gasteiger partial charge in [-0.1, -0.05) is 24.3 Å². The molecule has 2 aromatic heterocycles. The number of rotatable bonds is 4. The Morgan fingerprint density at radius 3 is 2.83 bits per heavy atom. The van der Waals surface area contributed by atoms with Crippen molar-refractivity contribution < 1.29 is 4.79 Å². The molecule has 1 amide bonds. The van der Waals surface area contributed by atoms with Crippen LogP contribution in [0.3, 0.4) is 0 Å². The van der Waals surface area contributed by atoms with Gasteiger partial charge in [-0.15, -0.1) is 0 Å². The lowest BCUT2D eigenvalue weighted by molar-refractivity contribution is 0.0947. The highest BCUT2D eigenvalue weighted by molar-refractivity contribution is 5.92. The number of carbonyl (C=O) groups is 1. The van der Waals surface area contributed by atoms with Crippen molar-refractivity contribution in [1.82, 2.24) is 20.1 Å². The average molecular weight is 308 g/mol. The Morgan fingerprint density at radius 1 is 1.17 bits per heavy atom. The Balaban J connectivity index is 1.67. The topological polar surface area (TPSA) is 76.9 Å². The zero-order valence-electron chi connectivity index (χ0n) is 12.7. The van der Waals surface area contributed by atoms with Gasteiger partial charge in [-0.25, -0.2) is 4.68 Å². The van der Waals surface area contributed by atoms with Crippen molar-refractivity contribution in [3.05, 3.63) is 70.3 Å². The summed E-state index contributed by atoms with van der Waals surface area (Å²) in [5, 5.41) is 7.82. The number of para-hydroxylation sites is 1. The van der Waals surface area contributed by atoms with Gasteiger partial charge in [0.05, 0.1) is 5.52 Å². The van der Waals surface area contributed by atoms with E-state index in [4.69, 9.17) is 0 Å². The van der Waals surface area contributed by atoms with Crippen LogP contribution in [-0.4, -0.2) is 27.2 Å². The zero-order chi connectivity index (χ0) is 16.2. The van der Waals surface area contributed by atoms with Crippen LogP contribution in [0.1, 0.15) is 16.1 Å². The van der Waals surface area contributed by atoms with Gasteiger partial charge in [0.25, 0.3) is 11.5 Å². The number of benzene rings is 1. The van der Waals surface area contributed by atoms with Crippen LogP contribution in [0.4, 0.5) is 0 Å². The van der Waals surface area contributed by atoms with E-state index in [0.717, 1.165) is 21.1 Å². The third-order valence-electron chi connectivity index (χ3n) is 3.59. The lowest BCUT2D eigenvalue weighted by Crippen LogP contribution is -2.29. The quantitative estimate of drug-likeness (QED) is 0.788. The zero-order valence-corrected chi connectivity index (χ0v) is 12.7. The molecule has 0 bridgehead atoms. The van der Waals surface area contributed by atoms with Crippen LogP contribution >= 0.6 is 0 Å². The Bertz CT molecular complexity index is 912. The normalized spacial score (nSPS) is 10.7. The SMILES string of the molecule is Cn1nc(C(=O)NCCc2cccc3cccnc23)ccc1=O. The number of carbonyl (C=O) groups excluding carboxylic acids is 1. The van der Waals surface area contributed by atoms with Gasteiger partial charge >= 0.3 is 0 Å². The highest BCUT2D eigenvalue weighted by Crippen LogP contribution is 2.15. The second-order valence-corrected chi connectivity index (χ2v) is 5.18. The minimum Gasteiger partial charge on any atom is -0.350 e. The summed E-state index contributed by atoms with van der Waals surface area (Å²) < 4.78 is 1.14. The van der Waals surface area contributed by atoms with Crippen LogP contribution < -0.4 is 10.9 Å². The van der Waals surface area contributed by atoms with Crippen LogP contribution in [0.2, 0.25) is 0 Å². The number of aryl methyl sites for hydroxylation is 1. The van der Waals surface area contributed by atoms with E-state index in [2.05, 4.69) is 15.4 Å². The lowest BCUT2D eigenvalue weighted by atomic mass is 10.1. The molecule has 0 unspecified atom stereocenters. The van der Waals surface area contributed by atoms with E-state index < -0.39 is 0 Å². The van der Waals surface area contributed by atoms with Crippen LogP contribution in [0.15, 0.2) is 53.5 Å². The maximum absolute atomic E-state index is 12.1. The number of amides is 1. The Kier molecular flexibility index (Phi) is 4.14. The number of fused-ring (bicyclic) bond motifs is 1. The number of hydrogen-bond acceptors (Lipinski definition) is 4. The van der Waals surface area contributed by atoms with Crippen molar-refractivity contribution >= 4 is 16.8 Å². The maximum Gasteiger partial charge on any atom is 0.271 e. The maximum atomic E-state index is 12.1. The molecule has 0 saturated carbocycles. The van der Waals surface area contributed by atoms with Crippen molar-refractivity contribution in [3.63, 3.8) is 0 Å². The number of nitrogens with one attached hydrogen (secondary N) is 1. The molecule has 0 saturated heterocycles. The van der Waals surface area contributed by atoms with Gasteiger partial charge in [0.2, 0.25) is 0 Å². The largest absolute Gasteiger partial charge is 0.350 e. The minimum atomic E-state index is -0.297. The minimum absolute atomic E-state index is 0.225. The van der Waals surface area contributed by atoms with Gasteiger partial charge in [-0.3, -0.25) is 14.6 Å². The highest BCUT2D eigenvalue weighted by atomic mass is 16.2. The molecule has 3 aromatic rings. The molecule has 0 fully saturated rings. The van der Waals surface area contributed by atoms with Gasteiger partial charge in [-0.05, 0) is 24.1 Å². The summed E-state index contributed by atoms with van der Waals surface area (Å²) in [5.41, 5.74) is 2.01. The summed E-state index contributed by atoms with van der Waals surface area (Å²) in [6.07, 6.45) is 2.44. The number of hydrogen-bond donors (Lipinski definition) is 1. The lowest BCUT2D eigenvalue weighted by Gasteiger charge is -2.07. The van der Waals surface area contributed by atoms with E-state index in [1.54, 1.807) is 6.20 Å². The predicted molar refractivity (Wildman–Crippen MR) is 87.3 cm³/mol. The molecule has 0 aliphatic heterocycles. The van der Waals surface area contributed by atoms with E-state index in [1.165, 1.54) is 19.2 Å². The molecule has 3 rings (SSSR count). The molecule has 0 radical (unpaired) electrons. The first-order valence-electron chi connectivity index (χ1n) is 7.30. The molecule has 1 N–H and O–H groups in total. The molecular weight excluding hydrogens is 292 g/mol. The fraction of sp³-hybridized carbons (Fsp3) is 0.176. The molecule has 6 heteroatoms. The molecular formula is C17H16N4O2. The van der Waals surface area contributed by atoms with Crippen molar-refractivity contribution in [1.29, 1.82) is 0 Å². The Morgan fingerprint density at radius 2 is 2.00 bits per heavy atom. The molecule has 23 heavy (non-hydrogen) atoms.